The molecule has 1 aromatic carbocycles. The van der Waals surface area contributed by atoms with Crippen molar-refractivity contribution < 1.29 is 5.02 Å². The predicted octanol–water partition coefficient (Wildman–Crippen LogP) is 1.60. The van der Waals surface area contributed by atoms with Crippen LogP contribution in [0.1, 0.15) is 18.9 Å². The fourth-order valence-electron chi connectivity index (χ4n) is 1.84. The Bertz CT molecular complexity index is 293. The second-order valence-corrected chi connectivity index (χ2v) is 4.28. The van der Waals surface area contributed by atoms with Gasteiger partial charge in [0.05, 0.1) is 0 Å². The molecule has 0 fully saturated rings. The van der Waals surface area contributed by atoms with Crippen LogP contribution in [0.2, 0.25) is 6.82 Å². The Morgan fingerprint density at radius 3 is 2.59 bits per heavy atom. The van der Waals surface area contributed by atoms with Crippen molar-refractivity contribution in [3.8, 4) is 0 Å². The lowest BCUT2D eigenvalue weighted by molar-refractivity contribution is 0.371. The van der Waals surface area contributed by atoms with Crippen molar-refractivity contribution in [1.82, 2.24) is 10.1 Å². The average molecular weight is 234 g/mol. The Morgan fingerprint density at radius 1 is 1.29 bits per heavy atom. The zero-order valence-corrected chi connectivity index (χ0v) is 10.9. The highest BCUT2D eigenvalue weighted by molar-refractivity contribution is 6.45. The molecule has 0 saturated carbocycles. The molecule has 0 amide bonds. The molecule has 0 bridgehead atoms. The number of rotatable bonds is 8. The Morgan fingerprint density at radius 2 is 2.00 bits per heavy atom. The Labute approximate surface area is 105 Å². The van der Waals surface area contributed by atoms with E-state index in [0.29, 0.717) is 0 Å². The van der Waals surface area contributed by atoms with Crippen LogP contribution >= 0.6 is 0 Å². The molecule has 1 rings (SSSR count). The Kier molecular flexibility index (Phi) is 6.93. The zero-order chi connectivity index (χ0) is 12.5. The van der Waals surface area contributed by atoms with Crippen LogP contribution in [0.5, 0.6) is 0 Å². The molecule has 0 aliphatic carbocycles. The molecule has 1 aromatic rings. The van der Waals surface area contributed by atoms with E-state index < -0.39 is 0 Å². The van der Waals surface area contributed by atoms with Crippen molar-refractivity contribution in [2.75, 3.05) is 19.6 Å². The lowest BCUT2D eigenvalue weighted by Gasteiger charge is -2.20. The van der Waals surface area contributed by atoms with Gasteiger partial charge in [-0.15, -0.1) is 0 Å². The van der Waals surface area contributed by atoms with E-state index in [-0.39, 0.29) is 7.05 Å². The minimum atomic E-state index is -0.339. The molecule has 0 radical (unpaired) electrons. The summed E-state index contributed by atoms with van der Waals surface area (Å²) in [5, 5.41) is 12.9. The molecule has 0 atom stereocenters. The fourth-order valence-corrected chi connectivity index (χ4v) is 1.84. The molecule has 0 spiro atoms. The number of hydrogen-bond donors (Lipinski definition) is 2. The van der Waals surface area contributed by atoms with E-state index >= 15 is 0 Å². The normalized spacial score (nSPS) is 10.8. The summed E-state index contributed by atoms with van der Waals surface area (Å²) in [6.07, 6.45) is 1.06. The molecule has 17 heavy (non-hydrogen) atoms. The third kappa shape index (κ3) is 5.87. The summed E-state index contributed by atoms with van der Waals surface area (Å²) in [6.45, 7) is 7.64. The Balaban J connectivity index is 2.08. The first-order valence-corrected chi connectivity index (χ1v) is 6.40. The van der Waals surface area contributed by atoms with Gasteiger partial charge in [-0.1, -0.05) is 37.3 Å². The third-order valence-corrected chi connectivity index (χ3v) is 2.91. The van der Waals surface area contributed by atoms with Gasteiger partial charge in [0.1, 0.15) is 0 Å². The highest BCUT2D eigenvalue weighted by Gasteiger charge is 2.12. The van der Waals surface area contributed by atoms with Crippen molar-refractivity contribution in [2.45, 2.75) is 26.7 Å². The molecule has 3 nitrogen and oxygen atoms in total. The van der Waals surface area contributed by atoms with Crippen LogP contribution in [0, 0.1) is 0 Å². The van der Waals surface area contributed by atoms with Crippen molar-refractivity contribution in [1.29, 1.82) is 0 Å². The molecule has 0 aliphatic rings. The molecule has 94 valence electrons. The maximum Gasteiger partial charge on any atom is 0.376 e. The minimum absolute atomic E-state index is 0.339. The van der Waals surface area contributed by atoms with Gasteiger partial charge < -0.3 is 15.2 Å². The van der Waals surface area contributed by atoms with Gasteiger partial charge in [0.2, 0.25) is 0 Å². The molecule has 0 unspecified atom stereocenters. The van der Waals surface area contributed by atoms with E-state index in [9.17, 15) is 5.02 Å². The van der Waals surface area contributed by atoms with Gasteiger partial charge in [-0.05, 0) is 38.4 Å². The monoisotopic (exact) mass is 234 g/mol. The first-order valence-electron chi connectivity index (χ1n) is 6.40. The molecule has 0 aliphatic heterocycles. The van der Waals surface area contributed by atoms with Crippen LogP contribution in [0.3, 0.4) is 0 Å². The van der Waals surface area contributed by atoms with Gasteiger partial charge >= 0.3 is 7.05 Å². The number of nitrogens with zero attached hydrogens (tertiary/aromatic N) is 1. The van der Waals surface area contributed by atoms with Gasteiger partial charge in [-0.25, -0.2) is 0 Å². The highest BCUT2D eigenvalue weighted by Crippen LogP contribution is 1.97. The predicted molar refractivity (Wildman–Crippen MR) is 73.8 cm³/mol. The molecule has 4 heteroatoms. The lowest BCUT2D eigenvalue weighted by Crippen LogP contribution is -2.38. The number of benzene rings is 1. The third-order valence-electron chi connectivity index (χ3n) is 2.91. The SMILES string of the molecule is CCN(CCCNCc1ccccc1)B(C)O. The highest BCUT2D eigenvalue weighted by atomic mass is 16.2. The molecular weight excluding hydrogens is 211 g/mol. The van der Waals surface area contributed by atoms with Crippen LogP contribution in [0.15, 0.2) is 30.3 Å². The van der Waals surface area contributed by atoms with E-state index in [2.05, 4.69) is 41.3 Å². The first kappa shape index (κ1) is 14.2. The van der Waals surface area contributed by atoms with Crippen LogP contribution in [0.4, 0.5) is 0 Å². The van der Waals surface area contributed by atoms with E-state index in [1.165, 1.54) is 5.56 Å². The van der Waals surface area contributed by atoms with Crippen molar-refractivity contribution >= 4 is 7.05 Å². The quantitative estimate of drug-likeness (QED) is 0.529. The van der Waals surface area contributed by atoms with Crippen molar-refractivity contribution in [2.24, 2.45) is 0 Å². The second-order valence-electron chi connectivity index (χ2n) is 4.28. The largest absolute Gasteiger partial charge is 0.437 e. The van der Waals surface area contributed by atoms with Crippen molar-refractivity contribution in [3.05, 3.63) is 35.9 Å². The maximum absolute atomic E-state index is 9.45. The summed E-state index contributed by atoms with van der Waals surface area (Å²) in [5.41, 5.74) is 1.32. The topological polar surface area (TPSA) is 35.5 Å². The van der Waals surface area contributed by atoms with E-state index in [0.717, 1.165) is 32.6 Å². The molecular formula is C13H23BN2O. The summed E-state index contributed by atoms with van der Waals surface area (Å²) < 4.78 is 0. The summed E-state index contributed by atoms with van der Waals surface area (Å²) in [5.74, 6) is 0. The molecule has 0 heterocycles. The van der Waals surface area contributed by atoms with Crippen LogP contribution in [-0.2, 0) is 6.54 Å². The lowest BCUT2D eigenvalue weighted by atomic mass is 9.85. The molecule has 2 N–H and O–H groups in total. The standard InChI is InChI=1S/C13H23BN2O/c1-3-16(14(2)17)11-7-10-15-12-13-8-5-4-6-9-13/h4-6,8-9,15,17H,3,7,10-12H2,1-2H3. The van der Waals surface area contributed by atoms with Gasteiger partial charge in [0.15, 0.2) is 0 Å². The first-order chi connectivity index (χ1) is 8.24. The van der Waals surface area contributed by atoms with Crippen LogP contribution in [-0.4, -0.2) is 36.5 Å². The van der Waals surface area contributed by atoms with E-state index in [1.54, 1.807) is 0 Å². The summed E-state index contributed by atoms with van der Waals surface area (Å²) in [4.78, 5) is 2.06. The van der Waals surface area contributed by atoms with E-state index in [1.807, 2.05) is 12.9 Å². The molecule has 0 saturated heterocycles. The van der Waals surface area contributed by atoms with Gasteiger partial charge in [-0.2, -0.15) is 0 Å². The molecule has 0 aromatic heterocycles. The second kappa shape index (κ2) is 8.28. The Hall–Kier alpha value is -0.835. The maximum atomic E-state index is 9.45. The summed E-state index contributed by atoms with van der Waals surface area (Å²) >= 11 is 0. The number of hydrogen-bond acceptors (Lipinski definition) is 3. The zero-order valence-electron chi connectivity index (χ0n) is 10.9. The average Bonchev–Trinajstić information content (AvgIpc) is 2.34. The van der Waals surface area contributed by atoms with Gasteiger partial charge in [-0.3, -0.25) is 0 Å². The fraction of sp³-hybridized carbons (Fsp3) is 0.538. The van der Waals surface area contributed by atoms with E-state index in [4.69, 9.17) is 0 Å². The smallest absolute Gasteiger partial charge is 0.376 e. The summed E-state index contributed by atoms with van der Waals surface area (Å²) in [7, 11) is -0.339. The van der Waals surface area contributed by atoms with Crippen LogP contribution < -0.4 is 5.32 Å². The van der Waals surface area contributed by atoms with Crippen molar-refractivity contribution in [3.63, 3.8) is 0 Å². The van der Waals surface area contributed by atoms with Gasteiger partial charge in [0.25, 0.3) is 0 Å². The van der Waals surface area contributed by atoms with Crippen LogP contribution in [0.25, 0.3) is 0 Å². The number of nitrogens with one attached hydrogen (secondary N) is 1. The van der Waals surface area contributed by atoms with Gasteiger partial charge in [0, 0.05) is 6.54 Å². The minimum Gasteiger partial charge on any atom is -0.437 e. The summed E-state index contributed by atoms with van der Waals surface area (Å²) in [6, 6.07) is 10.4.